The van der Waals surface area contributed by atoms with E-state index in [2.05, 4.69) is 21.6 Å². The summed E-state index contributed by atoms with van der Waals surface area (Å²) >= 11 is 0. The minimum atomic E-state index is -0.680. The molecular formula is C12H25N3O2. The van der Waals surface area contributed by atoms with Gasteiger partial charge in [0, 0.05) is 38.8 Å². The maximum Gasteiger partial charge on any atom is 0.309 e. The lowest BCUT2D eigenvalue weighted by Crippen LogP contribution is -2.42. The molecular weight excluding hydrogens is 218 g/mol. The van der Waals surface area contributed by atoms with Crippen LogP contribution in [0.25, 0.3) is 0 Å². The van der Waals surface area contributed by atoms with E-state index in [4.69, 9.17) is 0 Å². The third kappa shape index (κ3) is 4.61. The van der Waals surface area contributed by atoms with Crippen molar-refractivity contribution in [2.75, 3.05) is 53.9 Å². The fourth-order valence-corrected chi connectivity index (χ4v) is 2.33. The number of hydrogen-bond acceptors (Lipinski definition) is 4. The van der Waals surface area contributed by atoms with Crippen LogP contribution in [0.4, 0.5) is 0 Å². The second kappa shape index (κ2) is 6.33. The molecule has 1 heterocycles. The van der Waals surface area contributed by atoms with Gasteiger partial charge in [-0.15, -0.1) is 0 Å². The molecule has 0 aromatic heterocycles. The zero-order valence-electron chi connectivity index (χ0n) is 11.4. The Morgan fingerprint density at radius 3 is 2.53 bits per heavy atom. The molecule has 0 saturated carbocycles. The Bertz CT molecular complexity index is 258. The van der Waals surface area contributed by atoms with E-state index in [1.54, 1.807) is 0 Å². The number of carbonyl (C=O) groups is 1. The van der Waals surface area contributed by atoms with Gasteiger partial charge in [0.25, 0.3) is 0 Å². The minimum Gasteiger partial charge on any atom is -0.481 e. The molecule has 0 aromatic carbocycles. The Labute approximate surface area is 104 Å². The third-order valence-corrected chi connectivity index (χ3v) is 3.37. The van der Waals surface area contributed by atoms with Crippen molar-refractivity contribution in [2.45, 2.75) is 13.0 Å². The van der Waals surface area contributed by atoms with Gasteiger partial charge in [0.15, 0.2) is 0 Å². The molecule has 0 amide bonds. The first-order valence-corrected chi connectivity index (χ1v) is 6.20. The summed E-state index contributed by atoms with van der Waals surface area (Å²) in [5, 5.41) is 9.20. The zero-order valence-corrected chi connectivity index (χ0v) is 11.4. The zero-order chi connectivity index (χ0) is 13.0. The fraction of sp³-hybridized carbons (Fsp3) is 0.917. The van der Waals surface area contributed by atoms with Crippen LogP contribution in [0.1, 0.15) is 6.92 Å². The molecule has 2 atom stereocenters. The summed E-state index contributed by atoms with van der Waals surface area (Å²) in [5.74, 6) is -0.951. The number of rotatable bonds is 4. The standard InChI is InChI=1S/C12H25N3O2/c1-10-7-14(4)8-11(12(16)17)9-15(10)6-5-13(2)3/h10-11H,5-9H2,1-4H3,(H,16,17). The second-order valence-corrected chi connectivity index (χ2v) is 5.40. The highest BCUT2D eigenvalue weighted by molar-refractivity contribution is 5.70. The molecule has 1 rings (SSSR count). The van der Waals surface area contributed by atoms with E-state index in [0.29, 0.717) is 19.1 Å². The Kier molecular flexibility index (Phi) is 5.36. The summed E-state index contributed by atoms with van der Waals surface area (Å²) in [6.45, 7) is 6.34. The molecule has 1 saturated heterocycles. The van der Waals surface area contributed by atoms with Crippen LogP contribution in [0.3, 0.4) is 0 Å². The van der Waals surface area contributed by atoms with Gasteiger partial charge in [0.1, 0.15) is 0 Å². The van der Waals surface area contributed by atoms with Crippen LogP contribution in [0, 0.1) is 5.92 Å². The number of hydrogen-bond donors (Lipinski definition) is 1. The van der Waals surface area contributed by atoms with Gasteiger partial charge in [-0.3, -0.25) is 9.69 Å². The monoisotopic (exact) mass is 243 g/mol. The summed E-state index contributed by atoms with van der Waals surface area (Å²) in [6, 6.07) is 0.421. The van der Waals surface area contributed by atoms with Gasteiger partial charge >= 0.3 is 5.97 Å². The van der Waals surface area contributed by atoms with Crippen molar-refractivity contribution in [2.24, 2.45) is 5.92 Å². The van der Waals surface area contributed by atoms with Crippen LogP contribution in [0.2, 0.25) is 0 Å². The summed E-state index contributed by atoms with van der Waals surface area (Å²) in [4.78, 5) is 17.7. The molecule has 5 nitrogen and oxygen atoms in total. The van der Waals surface area contributed by atoms with Crippen LogP contribution in [0.15, 0.2) is 0 Å². The van der Waals surface area contributed by atoms with E-state index in [-0.39, 0.29) is 5.92 Å². The quantitative estimate of drug-likeness (QED) is 0.746. The van der Waals surface area contributed by atoms with E-state index >= 15 is 0 Å². The molecule has 0 spiro atoms. The van der Waals surface area contributed by atoms with Crippen LogP contribution in [-0.4, -0.2) is 85.7 Å². The lowest BCUT2D eigenvalue weighted by Gasteiger charge is -2.29. The molecule has 2 unspecified atom stereocenters. The molecule has 1 aliphatic heterocycles. The lowest BCUT2D eigenvalue weighted by atomic mass is 10.1. The molecule has 0 aromatic rings. The molecule has 1 fully saturated rings. The molecule has 100 valence electrons. The Balaban J connectivity index is 2.62. The molecule has 5 heteroatoms. The molecule has 17 heavy (non-hydrogen) atoms. The highest BCUT2D eigenvalue weighted by Crippen LogP contribution is 2.13. The van der Waals surface area contributed by atoms with Crippen LogP contribution in [0.5, 0.6) is 0 Å². The first-order valence-electron chi connectivity index (χ1n) is 6.20. The third-order valence-electron chi connectivity index (χ3n) is 3.37. The number of aliphatic carboxylic acids is 1. The number of nitrogens with zero attached hydrogens (tertiary/aromatic N) is 3. The van der Waals surface area contributed by atoms with Crippen molar-refractivity contribution in [1.82, 2.24) is 14.7 Å². The number of carboxylic acids is 1. The average Bonchev–Trinajstić information content (AvgIpc) is 2.34. The van der Waals surface area contributed by atoms with Gasteiger partial charge in [0.05, 0.1) is 5.92 Å². The normalized spacial score (nSPS) is 28.3. The lowest BCUT2D eigenvalue weighted by molar-refractivity contribution is -0.142. The van der Waals surface area contributed by atoms with Crippen molar-refractivity contribution >= 4 is 5.97 Å². The Morgan fingerprint density at radius 2 is 2.00 bits per heavy atom. The maximum atomic E-state index is 11.2. The van der Waals surface area contributed by atoms with E-state index in [0.717, 1.165) is 19.6 Å². The van der Waals surface area contributed by atoms with Gasteiger partial charge in [-0.25, -0.2) is 0 Å². The molecule has 0 bridgehead atoms. The summed E-state index contributed by atoms with van der Waals surface area (Å²) in [5.41, 5.74) is 0. The second-order valence-electron chi connectivity index (χ2n) is 5.40. The molecule has 0 radical (unpaired) electrons. The van der Waals surface area contributed by atoms with Crippen molar-refractivity contribution in [3.8, 4) is 0 Å². The van der Waals surface area contributed by atoms with Gasteiger partial charge < -0.3 is 14.9 Å². The van der Waals surface area contributed by atoms with Gasteiger partial charge in [0.2, 0.25) is 0 Å². The number of carboxylic acid groups (broad SMARTS) is 1. The molecule has 1 aliphatic rings. The predicted octanol–water partition coefficient (Wildman–Crippen LogP) is -0.115. The van der Waals surface area contributed by atoms with Crippen molar-refractivity contribution in [3.05, 3.63) is 0 Å². The summed E-state index contributed by atoms with van der Waals surface area (Å²) in [7, 11) is 6.09. The van der Waals surface area contributed by atoms with Crippen molar-refractivity contribution in [3.63, 3.8) is 0 Å². The SMILES string of the molecule is CC1CN(C)CC(C(=O)O)CN1CCN(C)C. The minimum absolute atomic E-state index is 0.271. The Hall–Kier alpha value is -0.650. The fourth-order valence-electron chi connectivity index (χ4n) is 2.33. The topological polar surface area (TPSA) is 47.0 Å². The largest absolute Gasteiger partial charge is 0.481 e. The highest BCUT2D eigenvalue weighted by Gasteiger charge is 2.29. The summed E-state index contributed by atoms with van der Waals surface area (Å²) < 4.78 is 0. The van der Waals surface area contributed by atoms with Gasteiger partial charge in [-0.2, -0.15) is 0 Å². The van der Waals surface area contributed by atoms with E-state index < -0.39 is 5.97 Å². The molecule has 0 aliphatic carbocycles. The predicted molar refractivity (Wildman–Crippen MR) is 68.2 cm³/mol. The van der Waals surface area contributed by atoms with E-state index in [1.807, 2.05) is 21.1 Å². The van der Waals surface area contributed by atoms with Crippen LogP contribution in [-0.2, 0) is 4.79 Å². The first-order chi connectivity index (χ1) is 7.90. The average molecular weight is 243 g/mol. The highest BCUT2D eigenvalue weighted by atomic mass is 16.4. The Morgan fingerprint density at radius 1 is 1.35 bits per heavy atom. The first kappa shape index (κ1) is 14.4. The van der Waals surface area contributed by atoms with Crippen LogP contribution < -0.4 is 0 Å². The van der Waals surface area contributed by atoms with E-state index in [1.165, 1.54) is 0 Å². The molecule has 1 N–H and O–H groups in total. The maximum absolute atomic E-state index is 11.2. The van der Waals surface area contributed by atoms with Gasteiger partial charge in [-0.05, 0) is 28.1 Å². The van der Waals surface area contributed by atoms with Crippen molar-refractivity contribution < 1.29 is 9.90 Å². The number of likely N-dealkylation sites (N-methyl/N-ethyl adjacent to an activating group) is 2. The van der Waals surface area contributed by atoms with Crippen molar-refractivity contribution in [1.29, 1.82) is 0 Å². The smallest absolute Gasteiger partial charge is 0.309 e. The van der Waals surface area contributed by atoms with Gasteiger partial charge in [-0.1, -0.05) is 0 Å². The van der Waals surface area contributed by atoms with E-state index in [9.17, 15) is 9.90 Å². The summed E-state index contributed by atoms with van der Waals surface area (Å²) in [6.07, 6.45) is 0. The van der Waals surface area contributed by atoms with Crippen LogP contribution >= 0.6 is 0 Å².